The van der Waals surface area contributed by atoms with Crippen LogP contribution in [0.2, 0.25) is 0 Å². The van der Waals surface area contributed by atoms with Crippen LogP contribution in [0.15, 0.2) is 0 Å². The number of carbonyl (C=O) groups excluding carboxylic acids is 2. The fourth-order valence-corrected chi connectivity index (χ4v) is 13.9. The van der Waals surface area contributed by atoms with Gasteiger partial charge in [0.25, 0.3) is 0 Å². The zero-order valence-electron chi connectivity index (χ0n) is 30.2. The minimum Gasteiger partial charge on any atom is -0.357 e. The van der Waals surface area contributed by atoms with Gasteiger partial charge in [0.05, 0.1) is 6.10 Å². The fraction of sp³-hybridized carbons (Fsp3) is 0.950. The lowest BCUT2D eigenvalue weighted by molar-refractivity contribution is -0.139. The zero-order chi connectivity index (χ0) is 32.6. The van der Waals surface area contributed by atoms with Crippen molar-refractivity contribution in [3.05, 3.63) is 0 Å². The number of nitrogens with zero attached hydrogens (tertiary/aromatic N) is 2. The molecule has 12 atom stereocenters. The third kappa shape index (κ3) is 5.63. The van der Waals surface area contributed by atoms with E-state index in [1.54, 1.807) is 0 Å². The first kappa shape index (κ1) is 33.0. The minimum absolute atomic E-state index is 0.0242. The lowest BCUT2D eigenvalue weighted by Crippen LogP contribution is -2.58. The third-order valence-electron chi connectivity index (χ3n) is 16.5. The molecule has 4 saturated heterocycles. The molecule has 8 fully saturated rings. The van der Waals surface area contributed by atoms with E-state index in [2.05, 4.69) is 43.2 Å². The van der Waals surface area contributed by atoms with Crippen LogP contribution in [-0.4, -0.2) is 78.3 Å². The van der Waals surface area contributed by atoms with Gasteiger partial charge in [0.2, 0.25) is 11.8 Å². The molecule has 0 aromatic heterocycles. The van der Waals surface area contributed by atoms with E-state index in [0.29, 0.717) is 40.7 Å². The van der Waals surface area contributed by atoms with E-state index in [-0.39, 0.29) is 30.0 Å². The molecule has 0 bridgehead atoms. The topological polar surface area (TPSA) is 73.9 Å². The molecule has 8 rings (SSSR count). The van der Waals surface area contributed by atoms with Gasteiger partial charge in [-0.3, -0.25) is 14.9 Å². The van der Waals surface area contributed by atoms with Gasteiger partial charge in [-0.1, -0.05) is 34.1 Å². The van der Waals surface area contributed by atoms with E-state index in [0.717, 1.165) is 69.0 Å². The normalized spacial score (nSPS) is 48.8. The summed E-state index contributed by atoms with van der Waals surface area (Å²) >= 11 is 0. The Morgan fingerprint density at radius 2 is 1.60 bits per heavy atom. The molecule has 0 aromatic rings. The van der Waals surface area contributed by atoms with Crippen molar-refractivity contribution in [1.82, 2.24) is 20.4 Å². The van der Waals surface area contributed by atoms with Crippen molar-refractivity contribution in [1.29, 1.82) is 0 Å². The van der Waals surface area contributed by atoms with Crippen molar-refractivity contribution in [2.24, 2.45) is 52.3 Å². The third-order valence-corrected chi connectivity index (χ3v) is 16.5. The smallest absolute Gasteiger partial charge is 0.232 e. The Morgan fingerprint density at radius 3 is 2.34 bits per heavy atom. The second-order valence-electron chi connectivity index (χ2n) is 18.7. The van der Waals surface area contributed by atoms with Crippen LogP contribution >= 0.6 is 0 Å². The molecule has 4 heterocycles. The molecule has 4 saturated carbocycles. The summed E-state index contributed by atoms with van der Waals surface area (Å²) in [7, 11) is 0. The molecule has 264 valence electrons. The van der Waals surface area contributed by atoms with E-state index in [1.165, 1.54) is 83.7 Å². The van der Waals surface area contributed by atoms with Crippen LogP contribution in [0.4, 0.5) is 0 Å². The molecule has 8 aliphatic rings. The fourth-order valence-electron chi connectivity index (χ4n) is 13.9. The van der Waals surface area contributed by atoms with Gasteiger partial charge < -0.3 is 19.9 Å². The van der Waals surface area contributed by atoms with Gasteiger partial charge in [-0.2, -0.15) is 0 Å². The number of likely N-dealkylation sites (tertiary alicyclic amines) is 2. The summed E-state index contributed by atoms with van der Waals surface area (Å²) in [6.45, 7) is 15.3. The van der Waals surface area contributed by atoms with Crippen molar-refractivity contribution in [3.8, 4) is 0 Å². The maximum absolute atomic E-state index is 13.2. The summed E-state index contributed by atoms with van der Waals surface area (Å²) in [6.07, 6.45) is 19.1. The van der Waals surface area contributed by atoms with Crippen LogP contribution < -0.4 is 10.6 Å². The molecule has 1 spiro atoms. The molecule has 2 N–H and O–H groups in total. The predicted octanol–water partition coefficient (Wildman–Crippen LogP) is 6.36. The van der Waals surface area contributed by atoms with Crippen molar-refractivity contribution in [3.63, 3.8) is 0 Å². The highest BCUT2D eigenvalue weighted by Crippen LogP contribution is 2.71. The van der Waals surface area contributed by atoms with E-state index >= 15 is 0 Å². The first-order chi connectivity index (χ1) is 22.6. The quantitative estimate of drug-likeness (QED) is 0.347. The van der Waals surface area contributed by atoms with Gasteiger partial charge in [0.15, 0.2) is 0 Å². The number of nitrogens with one attached hydrogen (secondary N) is 2. The molecule has 7 nitrogen and oxygen atoms in total. The van der Waals surface area contributed by atoms with Gasteiger partial charge in [0, 0.05) is 37.6 Å². The molecular formula is C40H66N4O3. The zero-order valence-corrected chi connectivity index (χ0v) is 30.2. The van der Waals surface area contributed by atoms with Gasteiger partial charge in [0.1, 0.15) is 12.1 Å². The Hall–Kier alpha value is -1.18. The van der Waals surface area contributed by atoms with E-state index in [1.807, 2.05) is 4.90 Å². The number of carbonyl (C=O) groups is 2. The average molecular weight is 651 g/mol. The maximum atomic E-state index is 13.2. The summed E-state index contributed by atoms with van der Waals surface area (Å²) in [5.41, 5.74) is 0.711. The Bertz CT molecular complexity index is 1170. The van der Waals surface area contributed by atoms with Crippen LogP contribution in [0.1, 0.15) is 130 Å². The van der Waals surface area contributed by atoms with Crippen molar-refractivity contribution in [2.75, 3.05) is 32.7 Å². The summed E-state index contributed by atoms with van der Waals surface area (Å²) in [4.78, 5) is 30.9. The van der Waals surface area contributed by atoms with Gasteiger partial charge >= 0.3 is 0 Å². The first-order valence-corrected chi connectivity index (χ1v) is 20.3. The van der Waals surface area contributed by atoms with E-state index in [4.69, 9.17) is 4.74 Å². The second-order valence-corrected chi connectivity index (χ2v) is 18.7. The Labute approximate surface area is 285 Å². The molecule has 47 heavy (non-hydrogen) atoms. The van der Waals surface area contributed by atoms with Crippen LogP contribution in [0, 0.1) is 52.3 Å². The summed E-state index contributed by atoms with van der Waals surface area (Å²) in [5, 5.41) is 7.28. The van der Waals surface area contributed by atoms with Crippen LogP contribution in [0.25, 0.3) is 0 Å². The van der Waals surface area contributed by atoms with E-state index < -0.39 is 0 Å². The Morgan fingerprint density at radius 1 is 0.830 bits per heavy atom. The molecule has 2 amide bonds. The Balaban J connectivity index is 0.841. The maximum Gasteiger partial charge on any atom is 0.232 e. The second kappa shape index (κ2) is 12.5. The number of amides is 2. The lowest BCUT2D eigenvalue weighted by atomic mass is 9.44. The highest BCUT2D eigenvalue weighted by atomic mass is 16.5. The predicted molar refractivity (Wildman–Crippen MR) is 185 cm³/mol. The largest absolute Gasteiger partial charge is 0.357 e. The number of hydrogen-bond donors (Lipinski definition) is 2. The van der Waals surface area contributed by atoms with Crippen molar-refractivity contribution in [2.45, 2.75) is 154 Å². The summed E-state index contributed by atoms with van der Waals surface area (Å²) in [5.74, 6) is 5.14. The molecule has 4 aliphatic carbocycles. The molecule has 0 unspecified atom stereocenters. The molecule has 4 aliphatic heterocycles. The van der Waals surface area contributed by atoms with E-state index in [9.17, 15) is 9.59 Å². The van der Waals surface area contributed by atoms with Gasteiger partial charge in [-0.05, 0) is 149 Å². The minimum atomic E-state index is -0.0760. The van der Waals surface area contributed by atoms with Crippen LogP contribution in [-0.2, 0) is 14.3 Å². The molecule has 0 aromatic carbocycles. The summed E-state index contributed by atoms with van der Waals surface area (Å²) < 4.78 is 7.11. The van der Waals surface area contributed by atoms with Crippen molar-refractivity contribution < 1.29 is 14.3 Å². The number of fused-ring (bicyclic) bond motifs is 7. The highest BCUT2D eigenvalue weighted by molar-refractivity contribution is 5.97. The molecular weight excluding hydrogens is 584 g/mol. The number of rotatable bonds is 4. The van der Waals surface area contributed by atoms with Crippen LogP contribution in [0.3, 0.4) is 0 Å². The lowest BCUT2D eigenvalue weighted by Gasteiger charge is -2.61. The SMILES string of the molecule is C[C@@H]1CC[C@@]2(NC1)O[C@H]1C[C@H]3[C@@H]4CC[C@@H]5C[C@@H](NC(=O)CC(=O)N6CCC(N7CCCCC7)CC6)CC[C@]5(C)[C@H]4CC[C@]3(C)[C@H]1[C@@H]2C. The number of hydrogen-bond acceptors (Lipinski definition) is 5. The number of piperidine rings is 3. The van der Waals surface area contributed by atoms with Crippen LogP contribution in [0.5, 0.6) is 0 Å². The Kier molecular flexibility index (Phi) is 8.81. The van der Waals surface area contributed by atoms with Crippen molar-refractivity contribution >= 4 is 11.8 Å². The molecule has 7 heteroatoms. The summed E-state index contributed by atoms with van der Waals surface area (Å²) in [6, 6.07) is 0.850. The highest BCUT2D eigenvalue weighted by Gasteiger charge is 2.68. The monoisotopic (exact) mass is 651 g/mol. The molecule has 0 radical (unpaired) electrons. The standard InChI is InChI=1S/C40H66N4O3/c1-26-10-17-40(41-25-26)27(2)37-34(47-40)23-33-31-9-8-28-22-29(11-15-38(28,3)32(31)12-16-39(33,37)4)42-35(45)24-36(46)44-20-13-30(14-21-44)43-18-6-5-7-19-43/h26-34,37,41H,5-25H2,1-4H3,(H,42,45)/t26-,27+,28-,29+,31-,32+,33+,34+,37+,38+,39+,40-/m1/s1. The number of ether oxygens (including phenoxy) is 1. The van der Waals surface area contributed by atoms with Gasteiger partial charge in [-0.25, -0.2) is 0 Å². The first-order valence-electron chi connectivity index (χ1n) is 20.3. The van der Waals surface area contributed by atoms with Gasteiger partial charge in [-0.15, -0.1) is 0 Å². The average Bonchev–Trinajstić information content (AvgIpc) is 3.52.